The highest BCUT2D eigenvalue weighted by Crippen LogP contribution is 2.23. The molecule has 2 heterocycles. The summed E-state index contributed by atoms with van der Waals surface area (Å²) in [5, 5.41) is 3.95. The normalized spacial score (nSPS) is 14.9. The van der Waals surface area contributed by atoms with Crippen molar-refractivity contribution in [2.75, 3.05) is 13.1 Å². The SMILES string of the molecule is Clc1nc(-c2ccccc2)nc2c1CCNCC2. The van der Waals surface area contributed by atoms with Gasteiger partial charge in [0.25, 0.3) is 0 Å². The molecule has 18 heavy (non-hydrogen) atoms. The molecule has 3 nitrogen and oxygen atoms in total. The molecule has 0 saturated carbocycles. The number of hydrogen-bond donors (Lipinski definition) is 1. The lowest BCUT2D eigenvalue weighted by Crippen LogP contribution is -2.16. The van der Waals surface area contributed by atoms with Gasteiger partial charge >= 0.3 is 0 Å². The van der Waals surface area contributed by atoms with Gasteiger partial charge in [0.1, 0.15) is 5.15 Å². The fourth-order valence-corrected chi connectivity index (χ4v) is 2.50. The molecule has 1 aliphatic rings. The number of benzene rings is 1. The van der Waals surface area contributed by atoms with E-state index in [9.17, 15) is 0 Å². The third kappa shape index (κ3) is 2.24. The lowest BCUT2D eigenvalue weighted by Gasteiger charge is -2.09. The number of rotatable bonds is 1. The van der Waals surface area contributed by atoms with Crippen molar-refractivity contribution < 1.29 is 0 Å². The van der Waals surface area contributed by atoms with E-state index in [0.29, 0.717) is 5.15 Å². The third-order valence-electron chi connectivity index (χ3n) is 3.16. The van der Waals surface area contributed by atoms with E-state index in [-0.39, 0.29) is 0 Å². The molecule has 1 N–H and O–H groups in total. The Kier molecular flexibility index (Phi) is 3.26. The van der Waals surface area contributed by atoms with Crippen LogP contribution in [0.5, 0.6) is 0 Å². The predicted octanol–water partition coefficient (Wildman–Crippen LogP) is 2.49. The van der Waals surface area contributed by atoms with Gasteiger partial charge in [0, 0.05) is 24.1 Å². The maximum absolute atomic E-state index is 6.29. The van der Waals surface area contributed by atoms with E-state index in [2.05, 4.69) is 15.3 Å². The minimum Gasteiger partial charge on any atom is -0.316 e. The van der Waals surface area contributed by atoms with Gasteiger partial charge in [-0.25, -0.2) is 9.97 Å². The lowest BCUT2D eigenvalue weighted by molar-refractivity contribution is 0.708. The zero-order valence-electron chi connectivity index (χ0n) is 9.99. The molecule has 0 unspecified atom stereocenters. The van der Waals surface area contributed by atoms with E-state index < -0.39 is 0 Å². The molecule has 0 saturated heterocycles. The van der Waals surface area contributed by atoms with Crippen LogP contribution in [0, 0.1) is 0 Å². The minimum atomic E-state index is 0.600. The van der Waals surface area contributed by atoms with Gasteiger partial charge in [-0.2, -0.15) is 0 Å². The van der Waals surface area contributed by atoms with Crippen molar-refractivity contribution in [1.82, 2.24) is 15.3 Å². The Bertz CT molecular complexity index is 554. The first-order valence-corrected chi connectivity index (χ1v) is 6.54. The van der Waals surface area contributed by atoms with Crippen LogP contribution in [-0.2, 0) is 12.8 Å². The third-order valence-corrected chi connectivity index (χ3v) is 3.48. The number of hydrogen-bond acceptors (Lipinski definition) is 3. The summed E-state index contributed by atoms with van der Waals surface area (Å²) in [4.78, 5) is 9.09. The largest absolute Gasteiger partial charge is 0.316 e. The van der Waals surface area contributed by atoms with Gasteiger partial charge < -0.3 is 5.32 Å². The van der Waals surface area contributed by atoms with Gasteiger partial charge in [0.15, 0.2) is 5.82 Å². The van der Waals surface area contributed by atoms with E-state index in [1.165, 1.54) is 0 Å². The van der Waals surface area contributed by atoms with Gasteiger partial charge in [-0.15, -0.1) is 0 Å². The van der Waals surface area contributed by atoms with E-state index in [4.69, 9.17) is 11.6 Å². The molecule has 2 aromatic rings. The zero-order chi connectivity index (χ0) is 12.4. The highest BCUT2D eigenvalue weighted by molar-refractivity contribution is 6.30. The van der Waals surface area contributed by atoms with Crippen LogP contribution >= 0.6 is 11.6 Å². The van der Waals surface area contributed by atoms with Gasteiger partial charge in [-0.1, -0.05) is 41.9 Å². The maximum Gasteiger partial charge on any atom is 0.161 e. The second kappa shape index (κ2) is 5.04. The Morgan fingerprint density at radius 1 is 1.00 bits per heavy atom. The van der Waals surface area contributed by atoms with Crippen LogP contribution in [0.15, 0.2) is 30.3 Å². The predicted molar refractivity (Wildman–Crippen MR) is 72.8 cm³/mol. The second-order valence-corrected chi connectivity index (χ2v) is 4.74. The fourth-order valence-electron chi connectivity index (χ4n) is 2.22. The molecule has 92 valence electrons. The Balaban J connectivity index is 2.08. The fraction of sp³-hybridized carbons (Fsp3) is 0.286. The summed E-state index contributed by atoms with van der Waals surface area (Å²) in [6.07, 6.45) is 1.82. The van der Waals surface area contributed by atoms with Crippen molar-refractivity contribution >= 4 is 11.6 Å². The molecule has 1 aromatic carbocycles. The molecule has 0 atom stereocenters. The second-order valence-electron chi connectivity index (χ2n) is 4.38. The monoisotopic (exact) mass is 259 g/mol. The van der Waals surface area contributed by atoms with Gasteiger partial charge in [-0.05, 0) is 13.0 Å². The molecular formula is C14H14ClN3. The summed E-state index contributed by atoms with van der Waals surface area (Å²) in [5.41, 5.74) is 3.19. The van der Waals surface area contributed by atoms with Crippen LogP contribution in [0.25, 0.3) is 11.4 Å². The standard InChI is InChI=1S/C14H14ClN3/c15-13-11-6-8-16-9-7-12(11)17-14(18-13)10-4-2-1-3-5-10/h1-5,16H,6-9H2. The zero-order valence-corrected chi connectivity index (χ0v) is 10.7. The van der Waals surface area contributed by atoms with Crippen LogP contribution in [0.2, 0.25) is 5.15 Å². The topological polar surface area (TPSA) is 37.8 Å². The Morgan fingerprint density at radius 2 is 1.78 bits per heavy atom. The number of nitrogens with one attached hydrogen (secondary N) is 1. The summed E-state index contributed by atoms with van der Waals surface area (Å²) in [6, 6.07) is 9.97. The summed E-state index contributed by atoms with van der Waals surface area (Å²) in [6.45, 7) is 1.90. The molecule has 0 bridgehead atoms. The highest BCUT2D eigenvalue weighted by atomic mass is 35.5. The van der Waals surface area contributed by atoms with Crippen LogP contribution in [0.3, 0.4) is 0 Å². The number of nitrogens with zero attached hydrogens (tertiary/aromatic N) is 2. The maximum atomic E-state index is 6.29. The van der Waals surface area contributed by atoms with Crippen molar-refractivity contribution in [3.8, 4) is 11.4 Å². The highest BCUT2D eigenvalue weighted by Gasteiger charge is 2.15. The molecule has 0 amide bonds. The van der Waals surface area contributed by atoms with E-state index in [0.717, 1.165) is 48.6 Å². The Morgan fingerprint density at radius 3 is 2.61 bits per heavy atom. The van der Waals surface area contributed by atoms with Crippen molar-refractivity contribution in [3.05, 3.63) is 46.7 Å². The Hall–Kier alpha value is -1.45. The van der Waals surface area contributed by atoms with Crippen molar-refractivity contribution in [2.45, 2.75) is 12.8 Å². The lowest BCUT2D eigenvalue weighted by atomic mass is 10.1. The number of aromatic nitrogens is 2. The minimum absolute atomic E-state index is 0.600. The van der Waals surface area contributed by atoms with Crippen LogP contribution in [0.1, 0.15) is 11.3 Å². The summed E-state index contributed by atoms with van der Waals surface area (Å²) >= 11 is 6.29. The van der Waals surface area contributed by atoms with Crippen LogP contribution in [0.4, 0.5) is 0 Å². The summed E-state index contributed by atoms with van der Waals surface area (Å²) in [7, 11) is 0. The summed E-state index contributed by atoms with van der Waals surface area (Å²) in [5.74, 6) is 0.723. The number of fused-ring (bicyclic) bond motifs is 1. The quantitative estimate of drug-likeness (QED) is 0.800. The molecule has 1 aromatic heterocycles. The first-order valence-electron chi connectivity index (χ1n) is 6.16. The molecule has 0 spiro atoms. The van der Waals surface area contributed by atoms with E-state index >= 15 is 0 Å². The number of halogens is 1. The van der Waals surface area contributed by atoms with Crippen LogP contribution < -0.4 is 5.32 Å². The van der Waals surface area contributed by atoms with E-state index in [1.54, 1.807) is 0 Å². The first kappa shape index (κ1) is 11.6. The van der Waals surface area contributed by atoms with Crippen molar-refractivity contribution in [1.29, 1.82) is 0 Å². The van der Waals surface area contributed by atoms with Gasteiger partial charge in [0.2, 0.25) is 0 Å². The molecular weight excluding hydrogens is 246 g/mol. The smallest absolute Gasteiger partial charge is 0.161 e. The molecule has 0 aliphatic carbocycles. The first-order chi connectivity index (χ1) is 8.84. The van der Waals surface area contributed by atoms with Crippen molar-refractivity contribution in [3.63, 3.8) is 0 Å². The molecule has 0 radical (unpaired) electrons. The molecule has 3 rings (SSSR count). The van der Waals surface area contributed by atoms with Crippen LogP contribution in [-0.4, -0.2) is 23.1 Å². The molecule has 4 heteroatoms. The average Bonchev–Trinajstić information content (AvgIpc) is 2.65. The summed E-state index contributed by atoms with van der Waals surface area (Å²) < 4.78 is 0. The molecule has 0 fully saturated rings. The molecule has 1 aliphatic heterocycles. The average molecular weight is 260 g/mol. The Labute approximate surface area is 111 Å². The van der Waals surface area contributed by atoms with Crippen molar-refractivity contribution in [2.24, 2.45) is 0 Å². The van der Waals surface area contributed by atoms with E-state index in [1.807, 2.05) is 30.3 Å². The van der Waals surface area contributed by atoms with Gasteiger partial charge in [0.05, 0.1) is 5.69 Å². The van der Waals surface area contributed by atoms with Gasteiger partial charge in [-0.3, -0.25) is 0 Å².